The molecule has 1 atom stereocenters. The highest BCUT2D eigenvalue weighted by atomic mass is 35.5. The molecule has 0 spiro atoms. The third kappa shape index (κ3) is 7.89. The van der Waals surface area contributed by atoms with Crippen molar-refractivity contribution in [3.63, 3.8) is 0 Å². The summed E-state index contributed by atoms with van der Waals surface area (Å²) in [6.45, 7) is 1.68. The predicted octanol–water partition coefficient (Wildman–Crippen LogP) is 4.67. The van der Waals surface area contributed by atoms with E-state index >= 15 is 0 Å². The largest absolute Gasteiger partial charge is 0.461 e. The lowest BCUT2D eigenvalue weighted by molar-refractivity contribution is -0.253. The molecule has 0 unspecified atom stereocenters. The third-order valence-electron chi connectivity index (χ3n) is 3.77. The van der Waals surface area contributed by atoms with Crippen LogP contribution in [0.2, 0.25) is 0 Å². The molecule has 0 saturated carbocycles. The van der Waals surface area contributed by atoms with Crippen molar-refractivity contribution in [1.82, 2.24) is 10.2 Å². The van der Waals surface area contributed by atoms with Gasteiger partial charge in [-0.1, -0.05) is 12.1 Å². The molecule has 1 aromatic carbocycles. The average molecular weight is 447 g/mol. The van der Waals surface area contributed by atoms with Crippen molar-refractivity contribution in [2.75, 3.05) is 26.2 Å². The third-order valence-corrected chi connectivity index (χ3v) is 3.77. The average Bonchev–Trinajstić information content (AvgIpc) is 2.52. The number of ether oxygens (including phenoxy) is 1. The van der Waals surface area contributed by atoms with Gasteiger partial charge >= 0.3 is 18.7 Å². The maximum atomic E-state index is 13.0. The van der Waals surface area contributed by atoms with Gasteiger partial charge in [0, 0.05) is 32.2 Å². The van der Waals surface area contributed by atoms with Gasteiger partial charge in [0.25, 0.3) is 0 Å². The summed E-state index contributed by atoms with van der Waals surface area (Å²) in [5.74, 6) is -0.606. The van der Waals surface area contributed by atoms with Gasteiger partial charge in [-0.05, 0) is 17.7 Å². The number of hydrogen-bond acceptors (Lipinski definition) is 3. The van der Waals surface area contributed by atoms with Crippen LogP contribution < -0.4 is 10.1 Å². The van der Waals surface area contributed by atoms with Crippen molar-refractivity contribution >= 4 is 24.8 Å². The molecule has 1 aliphatic heterocycles. The van der Waals surface area contributed by atoms with E-state index < -0.39 is 36.9 Å². The Morgan fingerprint density at radius 1 is 1.04 bits per heavy atom. The second-order valence-electron chi connectivity index (χ2n) is 5.66. The number of benzene rings is 1. The molecule has 2 rings (SSSR count). The summed E-state index contributed by atoms with van der Waals surface area (Å²) >= 11 is 0. The highest BCUT2D eigenvalue weighted by Gasteiger charge is 2.44. The Kier molecular flexibility index (Phi) is 10.2. The number of hydrogen-bond donors (Lipinski definition) is 1. The van der Waals surface area contributed by atoms with Gasteiger partial charge in [-0.2, -0.15) is 30.7 Å². The van der Waals surface area contributed by atoms with Crippen molar-refractivity contribution in [1.29, 1.82) is 0 Å². The van der Waals surface area contributed by atoms with Crippen LogP contribution in [-0.4, -0.2) is 49.8 Å². The van der Waals surface area contributed by atoms with Crippen molar-refractivity contribution < 1.29 is 35.5 Å². The maximum absolute atomic E-state index is 13.0. The number of nitrogens with zero attached hydrogens (tertiary/aromatic N) is 1. The minimum absolute atomic E-state index is 0. The number of nitrogens with one attached hydrogen (secondary N) is 1. The van der Waals surface area contributed by atoms with E-state index in [1.807, 2.05) is 0 Å². The molecule has 0 aliphatic carbocycles. The zero-order valence-corrected chi connectivity index (χ0v) is 15.5. The fourth-order valence-corrected chi connectivity index (χ4v) is 2.66. The molecule has 0 amide bonds. The first kappa shape index (κ1) is 26.0. The molecular weight excluding hydrogens is 428 g/mol. The number of piperazine rings is 1. The topological polar surface area (TPSA) is 24.5 Å². The Labute approximate surface area is 164 Å². The second kappa shape index (κ2) is 10.5. The van der Waals surface area contributed by atoms with Crippen molar-refractivity contribution in [2.24, 2.45) is 0 Å². The number of halogens is 9. The fourth-order valence-electron chi connectivity index (χ4n) is 2.66. The van der Waals surface area contributed by atoms with Gasteiger partial charge in [0.15, 0.2) is 0 Å². The quantitative estimate of drug-likeness (QED) is 0.642. The molecule has 0 radical (unpaired) electrons. The van der Waals surface area contributed by atoms with E-state index in [2.05, 4.69) is 10.1 Å². The smallest absolute Gasteiger partial charge is 0.428 e. The van der Waals surface area contributed by atoms with E-state index in [-0.39, 0.29) is 30.4 Å². The zero-order chi connectivity index (χ0) is 18.7. The number of rotatable bonds is 6. The lowest BCUT2D eigenvalue weighted by Gasteiger charge is -2.35. The van der Waals surface area contributed by atoms with Crippen LogP contribution in [0.25, 0.3) is 0 Å². The molecule has 12 heteroatoms. The molecule has 1 aliphatic rings. The van der Waals surface area contributed by atoms with Gasteiger partial charge in [-0.25, -0.2) is 0 Å². The number of alkyl halides is 7. The Hall–Kier alpha value is -0.970. The van der Waals surface area contributed by atoms with Gasteiger partial charge in [-0.3, -0.25) is 4.90 Å². The van der Waals surface area contributed by atoms with Crippen LogP contribution in [0.3, 0.4) is 0 Å². The van der Waals surface area contributed by atoms with Gasteiger partial charge < -0.3 is 10.1 Å². The van der Waals surface area contributed by atoms with Crippen molar-refractivity contribution in [3.8, 4) is 5.75 Å². The van der Waals surface area contributed by atoms with Gasteiger partial charge in [0.05, 0.1) is 6.42 Å². The lowest BCUT2D eigenvalue weighted by Crippen LogP contribution is -2.46. The van der Waals surface area contributed by atoms with Gasteiger partial charge in [0.1, 0.15) is 5.75 Å². The molecule has 1 saturated heterocycles. The zero-order valence-electron chi connectivity index (χ0n) is 13.8. The molecule has 1 heterocycles. The predicted molar refractivity (Wildman–Crippen MR) is 90.4 cm³/mol. The Bertz CT molecular complexity index is 569. The van der Waals surface area contributed by atoms with Crippen LogP contribution in [0.5, 0.6) is 5.75 Å². The summed E-state index contributed by atoms with van der Waals surface area (Å²) in [6, 6.07) is 3.39. The maximum Gasteiger partial charge on any atom is 0.461 e. The molecule has 1 fully saturated rings. The lowest BCUT2D eigenvalue weighted by atomic mass is 10.0. The summed E-state index contributed by atoms with van der Waals surface area (Å²) < 4.78 is 93.3. The van der Waals surface area contributed by atoms with E-state index in [0.717, 1.165) is 12.1 Å². The summed E-state index contributed by atoms with van der Waals surface area (Å²) in [5, 5.41) is 3.01. The Balaban J connectivity index is 0.00000338. The van der Waals surface area contributed by atoms with Crippen LogP contribution in [0.1, 0.15) is 18.0 Å². The molecule has 1 N–H and O–H groups in total. The second-order valence-corrected chi connectivity index (χ2v) is 5.66. The molecule has 158 valence electrons. The van der Waals surface area contributed by atoms with Crippen LogP contribution in [0, 0.1) is 0 Å². The van der Waals surface area contributed by atoms with Crippen LogP contribution in [-0.2, 0) is 0 Å². The minimum Gasteiger partial charge on any atom is -0.428 e. The highest BCUT2D eigenvalue weighted by Crippen LogP contribution is 2.36. The molecule has 1 aromatic rings. The monoisotopic (exact) mass is 446 g/mol. The standard InChI is InChI=1S/C15H17F7N2O.2ClH/c16-13(17)15(21,22)25-11-3-1-2-10(8-11)12(9-14(18,19)20)24-6-4-23-5-7-24;;/h1-3,8,12-13,23H,4-7,9H2;2*1H/t12-;;/m0../s1. The first-order chi connectivity index (χ1) is 11.6. The van der Waals surface area contributed by atoms with Gasteiger partial charge in [-0.15, -0.1) is 24.8 Å². The van der Waals surface area contributed by atoms with E-state index in [0.29, 0.717) is 26.2 Å². The van der Waals surface area contributed by atoms with E-state index in [4.69, 9.17) is 0 Å². The first-order valence-electron chi connectivity index (χ1n) is 7.55. The Morgan fingerprint density at radius 3 is 2.15 bits per heavy atom. The van der Waals surface area contributed by atoms with Crippen molar-refractivity contribution in [3.05, 3.63) is 29.8 Å². The molecular formula is C15H19Cl2F7N2O. The fraction of sp³-hybridized carbons (Fsp3) is 0.600. The van der Waals surface area contributed by atoms with Crippen molar-refractivity contribution in [2.45, 2.75) is 31.2 Å². The molecule has 0 bridgehead atoms. The van der Waals surface area contributed by atoms with Gasteiger partial charge in [0.2, 0.25) is 0 Å². The normalized spacial score (nSPS) is 17.0. The van der Waals surface area contributed by atoms with Crippen LogP contribution in [0.4, 0.5) is 30.7 Å². The molecule has 0 aromatic heterocycles. The minimum atomic E-state index is -4.72. The van der Waals surface area contributed by atoms with E-state index in [9.17, 15) is 30.7 Å². The van der Waals surface area contributed by atoms with E-state index in [1.54, 1.807) is 4.90 Å². The highest BCUT2D eigenvalue weighted by molar-refractivity contribution is 5.85. The van der Waals surface area contributed by atoms with Crippen LogP contribution in [0.15, 0.2) is 24.3 Å². The summed E-state index contributed by atoms with van der Waals surface area (Å²) in [7, 11) is 0. The molecule has 27 heavy (non-hydrogen) atoms. The summed E-state index contributed by atoms with van der Waals surface area (Å²) in [5.41, 5.74) is 0.0850. The van der Waals surface area contributed by atoms with E-state index in [1.165, 1.54) is 12.1 Å². The summed E-state index contributed by atoms with van der Waals surface area (Å²) in [4.78, 5) is 1.58. The molecule has 3 nitrogen and oxygen atoms in total. The van der Waals surface area contributed by atoms with Crippen LogP contribution >= 0.6 is 24.8 Å². The SMILES string of the molecule is Cl.Cl.FC(F)C(F)(F)Oc1cccc([C@H](CC(F)(F)F)N2CCNCC2)c1. The summed E-state index contributed by atoms with van der Waals surface area (Å²) in [6.07, 6.45) is -14.4. The Morgan fingerprint density at radius 2 is 1.63 bits per heavy atom. The first-order valence-corrected chi connectivity index (χ1v) is 7.55.